The van der Waals surface area contributed by atoms with Gasteiger partial charge in [-0.05, 0) is 25.1 Å². The maximum Gasteiger partial charge on any atom is 0.265 e. The molecular weight excluding hydrogens is 449 g/mol. The number of rotatable bonds is 3. The van der Waals surface area contributed by atoms with Crippen molar-refractivity contribution in [2.24, 2.45) is 0 Å². The van der Waals surface area contributed by atoms with Crippen LogP contribution in [0, 0.1) is 5.82 Å². The maximum absolute atomic E-state index is 13.9. The van der Waals surface area contributed by atoms with E-state index in [2.05, 4.69) is 5.32 Å². The quantitative estimate of drug-likeness (QED) is 0.747. The molecule has 8 nitrogen and oxygen atoms in total. The van der Waals surface area contributed by atoms with Crippen molar-refractivity contribution in [3.63, 3.8) is 0 Å². The second kappa shape index (κ2) is 8.10. The minimum Gasteiger partial charge on any atom is -0.479 e. The molecule has 1 saturated heterocycles. The van der Waals surface area contributed by atoms with Crippen LogP contribution in [0.1, 0.15) is 17.3 Å². The molecule has 0 aliphatic carbocycles. The van der Waals surface area contributed by atoms with Gasteiger partial charge in [-0.1, -0.05) is 23.7 Å². The van der Waals surface area contributed by atoms with Gasteiger partial charge in [0.2, 0.25) is 10.0 Å². The SMILES string of the molecule is C[C@H]1Oc2cc(S(=O)(=O)N3CCN(C(=O)c4ccccc4F)CC3)c(Cl)cc2NC1=O. The summed E-state index contributed by atoms with van der Waals surface area (Å²) in [5, 5.41) is 2.56. The molecule has 2 aromatic rings. The molecule has 0 bridgehead atoms. The molecular formula is C20H19ClFN3O5S. The second-order valence-corrected chi connectivity index (χ2v) is 9.52. The van der Waals surface area contributed by atoms with E-state index >= 15 is 0 Å². The van der Waals surface area contributed by atoms with Crippen LogP contribution in [0.2, 0.25) is 5.02 Å². The summed E-state index contributed by atoms with van der Waals surface area (Å²) in [5.74, 6) is -1.25. The largest absolute Gasteiger partial charge is 0.479 e. The lowest BCUT2D eigenvalue weighted by atomic mass is 10.1. The zero-order valence-corrected chi connectivity index (χ0v) is 18.0. The predicted molar refractivity (Wildman–Crippen MR) is 111 cm³/mol. The number of hydrogen-bond acceptors (Lipinski definition) is 5. The molecule has 1 N–H and O–H groups in total. The molecule has 2 amide bonds. The Bertz CT molecular complexity index is 1170. The van der Waals surface area contributed by atoms with Gasteiger partial charge >= 0.3 is 0 Å². The summed E-state index contributed by atoms with van der Waals surface area (Å²) in [5.41, 5.74) is 0.247. The summed E-state index contributed by atoms with van der Waals surface area (Å²) in [6, 6.07) is 8.30. The van der Waals surface area contributed by atoms with Gasteiger partial charge in [0.05, 0.1) is 16.3 Å². The molecule has 0 radical (unpaired) electrons. The molecule has 0 unspecified atom stereocenters. The molecule has 31 heavy (non-hydrogen) atoms. The van der Waals surface area contributed by atoms with E-state index in [0.717, 1.165) is 0 Å². The predicted octanol–water partition coefficient (Wildman–Crippen LogP) is 2.35. The highest BCUT2D eigenvalue weighted by atomic mass is 35.5. The standard InChI is InChI=1S/C20H19ClFN3O5S/c1-12-19(26)23-16-10-14(21)18(11-17(16)30-12)31(28,29)25-8-6-24(7-9-25)20(27)13-4-2-3-5-15(13)22/h2-5,10-12H,6-9H2,1H3,(H,23,26)/t12-/m1/s1. The highest BCUT2D eigenvalue weighted by molar-refractivity contribution is 7.89. The smallest absolute Gasteiger partial charge is 0.265 e. The zero-order valence-electron chi connectivity index (χ0n) is 16.5. The number of nitrogens with zero attached hydrogens (tertiary/aromatic N) is 2. The van der Waals surface area contributed by atoms with Gasteiger partial charge in [-0.15, -0.1) is 0 Å². The van der Waals surface area contributed by atoms with Gasteiger partial charge in [0.1, 0.15) is 16.5 Å². The average Bonchev–Trinajstić information content (AvgIpc) is 2.74. The third-order valence-corrected chi connectivity index (χ3v) is 7.58. The molecule has 0 saturated carbocycles. The van der Waals surface area contributed by atoms with Crippen LogP contribution in [0.25, 0.3) is 0 Å². The number of anilines is 1. The Morgan fingerprint density at radius 1 is 1.19 bits per heavy atom. The fourth-order valence-corrected chi connectivity index (χ4v) is 5.42. The number of halogens is 2. The molecule has 0 aromatic heterocycles. The lowest BCUT2D eigenvalue weighted by Gasteiger charge is -2.34. The molecule has 1 atom stereocenters. The van der Waals surface area contributed by atoms with Crippen molar-refractivity contribution >= 4 is 39.1 Å². The van der Waals surface area contributed by atoms with Crippen LogP contribution < -0.4 is 10.1 Å². The van der Waals surface area contributed by atoms with Crippen LogP contribution in [0.3, 0.4) is 0 Å². The number of ether oxygens (including phenoxy) is 1. The molecule has 164 valence electrons. The van der Waals surface area contributed by atoms with Crippen LogP contribution in [-0.2, 0) is 14.8 Å². The fourth-order valence-electron chi connectivity index (χ4n) is 3.48. The lowest BCUT2D eigenvalue weighted by molar-refractivity contribution is -0.122. The topological polar surface area (TPSA) is 96.0 Å². The second-order valence-electron chi connectivity index (χ2n) is 7.20. The van der Waals surface area contributed by atoms with Gasteiger partial charge < -0.3 is 15.0 Å². The molecule has 0 spiro atoms. The van der Waals surface area contributed by atoms with E-state index in [9.17, 15) is 22.4 Å². The summed E-state index contributed by atoms with van der Waals surface area (Å²) in [4.78, 5) is 25.6. The number of sulfonamides is 1. The fraction of sp³-hybridized carbons (Fsp3) is 0.300. The van der Waals surface area contributed by atoms with Gasteiger partial charge in [-0.25, -0.2) is 12.8 Å². The summed E-state index contributed by atoms with van der Waals surface area (Å²) in [6.07, 6.45) is -0.767. The minimum absolute atomic E-state index is 0.0317. The van der Waals surface area contributed by atoms with Crippen molar-refractivity contribution < 1.29 is 27.1 Å². The summed E-state index contributed by atoms with van der Waals surface area (Å²) in [6.45, 7) is 1.83. The molecule has 1 fully saturated rings. The number of fused-ring (bicyclic) bond motifs is 1. The Hall–Kier alpha value is -2.69. The van der Waals surface area contributed by atoms with E-state index < -0.39 is 27.9 Å². The van der Waals surface area contributed by atoms with E-state index in [4.69, 9.17) is 16.3 Å². The molecule has 2 aliphatic heterocycles. The van der Waals surface area contributed by atoms with Crippen LogP contribution >= 0.6 is 11.6 Å². The minimum atomic E-state index is -3.98. The van der Waals surface area contributed by atoms with E-state index in [1.165, 1.54) is 39.5 Å². The first-order valence-corrected chi connectivity index (χ1v) is 11.4. The van der Waals surface area contributed by atoms with E-state index in [1.807, 2.05) is 0 Å². The van der Waals surface area contributed by atoms with Crippen molar-refractivity contribution in [2.45, 2.75) is 17.9 Å². The lowest BCUT2D eigenvalue weighted by Crippen LogP contribution is -2.50. The van der Waals surface area contributed by atoms with Gasteiger partial charge in [-0.2, -0.15) is 4.31 Å². The number of hydrogen-bond donors (Lipinski definition) is 1. The van der Waals surface area contributed by atoms with Gasteiger partial charge in [0.25, 0.3) is 11.8 Å². The summed E-state index contributed by atoms with van der Waals surface area (Å²) in [7, 11) is -3.98. The monoisotopic (exact) mass is 467 g/mol. The van der Waals surface area contributed by atoms with Crippen LogP contribution in [0.4, 0.5) is 10.1 Å². The maximum atomic E-state index is 13.9. The van der Waals surface area contributed by atoms with Crippen molar-refractivity contribution in [3.05, 3.63) is 52.8 Å². The third-order valence-electron chi connectivity index (χ3n) is 5.21. The van der Waals surface area contributed by atoms with Crippen LogP contribution in [0.15, 0.2) is 41.3 Å². The van der Waals surface area contributed by atoms with Crippen molar-refractivity contribution in [1.82, 2.24) is 9.21 Å². The number of benzene rings is 2. The molecule has 2 aliphatic rings. The Labute approximate surface area is 183 Å². The van der Waals surface area contributed by atoms with Gasteiger partial charge in [0.15, 0.2) is 6.10 Å². The van der Waals surface area contributed by atoms with Crippen LogP contribution in [0.5, 0.6) is 5.75 Å². The van der Waals surface area contributed by atoms with Gasteiger partial charge in [0, 0.05) is 32.2 Å². The Balaban J connectivity index is 1.52. The van der Waals surface area contributed by atoms with E-state index in [0.29, 0.717) is 5.69 Å². The number of carbonyl (C=O) groups excluding carboxylic acids is 2. The Morgan fingerprint density at radius 2 is 1.87 bits per heavy atom. The number of carbonyl (C=O) groups is 2. The normalized spacial score (nSPS) is 19.4. The zero-order chi connectivity index (χ0) is 22.3. The van der Waals surface area contributed by atoms with E-state index in [1.54, 1.807) is 13.0 Å². The number of nitrogens with one attached hydrogen (secondary N) is 1. The highest BCUT2D eigenvalue weighted by Crippen LogP contribution is 2.38. The van der Waals surface area contributed by atoms with Crippen molar-refractivity contribution in [1.29, 1.82) is 0 Å². The van der Waals surface area contributed by atoms with E-state index in [-0.39, 0.29) is 53.3 Å². The van der Waals surface area contributed by atoms with Crippen LogP contribution in [-0.4, -0.2) is 61.7 Å². The number of amides is 2. The molecule has 2 aromatic carbocycles. The average molecular weight is 468 g/mol. The molecule has 4 rings (SSSR count). The Morgan fingerprint density at radius 3 is 2.55 bits per heavy atom. The number of piperazine rings is 1. The van der Waals surface area contributed by atoms with Crippen molar-refractivity contribution in [3.8, 4) is 5.75 Å². The summed E-state index contributed by atoms with van der Waals surface area (Å²) >= 11 is 6.21. The first-order chi connectivity index (χ1) is 14.7. The summed E-state index contributed by atoms with van der Waals surface area (Å²) < 4.78 is 47.0. The molecule has 2 heterocycles. The Kier molecular flexibility index (Phi) is 5.63. The third kappa shape index (κ3) is 3.98. The first-order valence-electron chi connectivity index (χ1n) is 9.53. The first kappa shape index (κ1) is 21.5. The van der Waals surface area contributed by atoms with Gasteiger partial charge in [-0.3, -0.25) is 9.59 Å². The van der Waals surface area contributed by atoms with Crippen molar-refractivity contribution in [2.75, 3.05) is 31.5 Å². The molecule has 11 heteroatoms. The highest BCUT2D eigenvalue weighted by Gasteiger charge is 2.34.